The number of rotatable bonds is 5. The summed E-state index contributed by atoms with van der Waals surface area (Å²) < 4.78 is 2.40. The minimum Gasteiger partial charge on any atom is -0.478 e. The Balaban J connectivity index is 0.000000349. The predicted molar refractivity (Wildman–Crippen MR) is 139 cm³/mol. The van der Waals surface area contributed by atoms with E-state index in [0.717, 1.165) is 38.6 Å². The molecule has 37 heavy (non-hydrogen) atoms. The number of aromatic nitrogens is 1. The number of aliphatic hydroxyl groups is 1. The predicted octanol–water partition coefficient (Wildman–Crippen LogP) is 2.92. The van der Waals surface area contributed by atoms with Crippen LogP contribution in [0.3, 0.4) is 0 Å². The van der Waals surface area contributed by atoms with E-state index in [0.29, 0.717) is 30.2 Å². The summed E-state index contributed by atoms with van der Waals surface area (Å²) in [5.41, 5.74) is 4.20. The van der Waals surface area contributed by atoms with E-state index >= 15 is 0 Å². The van der Waals surface area contributed by atoms with Crippen molar-refractivity contribution in [2.75, 3.05) is 13.6 Å². The van der Waals surface area contributed by atoms with Gasteiger partial charge in [0.1, 0.15) is 0 Å². The number of likely N-dealkylation sites (tertiary alicyclic amines) is 1. The zero-order valence-electron chi connectivity index (χ0n) is 21.6. The molecule has 1 aliphatic heterocycles. The maximum absolute atomic E-state index is 13.0. The number of piperidine rings is 1. The number of hydrogen-bond acceptors (Lipinski definition) is 5. The van der Waals surface area contributed by atoms with E-state index in [1.54, 1.807) is 0 Å². The van der Waals surface area contributed by atoms with Crippen LogP contribution in [0.2, 0.25) is 0 Å². The maximum Gasteiger partial charge on any atom is 0.328 e. The molecule has 0 radical (unpaired) electrons. The number of likely N-dealkylation sites (N-methyl/N-ethyl adjacent to an activating group) is 1. The fourth-order valence-electron chi connectivity index (χ4n) is 6.24. The van der Waals surface area contributed by atoms with Crippen LogP contribution in [0.15, 0.2) is 36.5 Å². The molecule has 5 atom stereocenters. The van der Waals surface area contributed by atoms with E-state index in [4.69, 9.17) is 10.2 Å². The van der Waals surface area contributed by atoms with Crippen molar-refractivity contribution in [1.29, 1.82) is 0 Å². The molecule has 2 unspecified atom stereocenters. The number of amides is 1. The van der Waals surface area contributed by atoms with Crippen LogP contribution < -0.4 is 5.32 Å². The molecule has 1 saturated carbocycles. The molecule has 1 aromatic heterocycles. The summed E-state index contributed by atoms with van der Waals surface area (Å²) in [5, 5.41) is 30.3. The highest BCUT2D eigenvalue weighted by atomic mass is 16.4. The average molecular weight is 512 g/mol. The van der Waals surface area contributed by atoms with Gasteiger partial charge in [0.15, 0.2) is 0 Å². The fourth-order valence-corrected chi connectivity index (χ4v) is 6.24. The molecule has 2 aromatic rings. The van der Waals surface area contributed by atoms with Gasteiger partial charge in [-0.2, -0.15) is 0 Å². The lowest BCUT2D eigenvalue weighted by atomic mass is 9.72. The van der Waals surface area contributed by atoms with Crippen LogP contribution in [0.25, 0.3) is 10.9 Å². The van der Waals surface area contributed by atoms with Gasteiger partial charge in [0.05, 0.1) is 18.1 Å². The highest BCUT2D eigenvalue weighted by Gasteiger charge is 2.42. The minimum absolute atomic E-state index is 0.0157. The second-order valence-corrected chi connectivity index (χ2v) is 10.8. The highest BCUT2D eigenvalue weighted by Crippen LogP contribution is 2.45. The van der Waals surface area contributed by atoms with Crippen molar-refractivity contribution in [3.8, 4) is 0 Å². The summed E-state index contributed by atoms with van der Waals surface area (Å²) in [6, 6.07) is 7.53. The Labute approximate surface area is 216 Å². The van der Waals surface area contributed by atoms with Crippen molar-refractivity contribution >= 4 is 28.7 Å². The number of carboxylic acid groups (broad SMARTS) is 2. The first kappa shape index (κ1) is 26.9. The Kier molecular flexibility index (Phi) is 8.04. The molecular formula is C28H37N3O6. The highest BCUT2D eigenvalue weighted by molar-refractivity contribution is 5.90. The molecule has 1 saturated heterocycles. The number of nitrogens with one attached hydrogen (secondary N) is 1. The molecule has 4 N–H and O–H groups in total. The number of carbonyl (C=O) groups is 3. The van der Waals surface area contributed by atoms with Crippen LogP contribution >= 0.6 is 0 Å². The molecule has 1 amide bonds. The van der Waals surface area contributed by atoms with Crippen LogP contribution in [0, 0.1) is 5.92 Å². The van der Waals surface area contributed by atoms with Gasteiger partial charge in [-0.05, 0) is 70.2 Å². The second-order valence-electron chi connectivity index (χ2n) is 10.8. The number of fused-ring (bicyclic) bond motifs is 2. The summed E-state index contributed by atoms with van der Waals surface area (Å²) in [6.45, 7) is 5.28. The lowest BCUT2D eigenvalue weighted by Gasteiger charge is -2.45. The van der Waals surface area contributed by atoms with Crippen LogP contribution in [-0.2, 0) is 20.8 Å². The normalized spacial score (nSPS) is 27.1. The average Bonchev–Trinajstić information content (AvgIpc) is 3.43. The molecule has 3 aliphatic rings. The van der Waals surface area contributed by atoms with Crippen LogP contribution in [0.4, 0.5) is 0 Å². The Morgan fingerprint density at radius 3 is 2.41 bits per heavy atom. The van der Waals surface area contributed by atoms with Crippen molar-refractivity contribution < 1.29 is 29.7 Å². The molecule has 1 aromatic carbocycles. The van der Waals surface area contributed by atoms with E-state index in [-0.39, 0.29) is 24.0 Å². The summed E-state index contributed by atoms with van der Waals surface area (Å²) in [6.07, 6.45) is 7.74. The van der Waals surface area contributed by atoms with Gasteiger partial charge in [0.25, 0.3) is 0 Å². The monoisotopic (exact) mass is 511 g/mol. The zero-order valence-corrected chi connectivity index (χ0v) is 21.6. The summed E-state index contributed by atoms with van der Waals surface area (Å²) >= 11 is 0. The third-order valence-corrected chi connectivity index (χ3v) is 7.98. The van der Waals surface area contributed by atoms with E-state index in [2.05, 4.69) is 60.1 Å². The number of hydrogen-bond donors (Lipinski definition) is 4. The third-order valence-electron chi connectivity index (χ3n) is 7.98. The molecule has 9 heteroatoms. The smallest absolute Gasteiger partial charge is 0.328 e. The van der Waals surface area contributed by atoms with Crippen molar-refractivity contribution in [3.05, 3.63) is 47.7 Å². The second kappa shape index (κ2) is 11.1. The Bertz CT molecular complexity index is 1190. The largest absolute Gasteiger partial charge is 0.478 e. The molecule has 2 heterocycles. The molecule has 2 fully saturated rings. The fraction of sp³-hybridized carbons (Fsp3) is 0.536. The van der Waals surface area contributed by atoms with Crippen molar-refractivity contribution in [2.45, 2.75) is 76.1 Å². The lowest BCUT2D eigenvalue weighted by Crippen LogP contribution is -2.53. The SMILES string of the molecule is CC(C)n1cc2c3c(cccc31)C1CC(C(=O)N[C@@H]3CCC[C@@H]3O)CN(C)[C@@H]1C2.O=C(O)/C=C\C(=O)O. The van der Waals surface area contributed by atoms with Crippen molar-refractivity contribution in [1.82, 2.24) is 14.8 Å². The molecule has 0 bridgehead atoms. The van der Waals surface area contributed by atoms with E-state index in [9.17, 15) is 19.5 Å². The van der Waals surface area contributed by atoms with E-state index in [1.165, 1.54) is 22.0 Å². The Morgan fingerprint density at radius 1 is 1.11 bits per heavy atom. The van der Waals surface area contributed by atoms with Gasteiger partial charge in [0, 0.05) is 53.8 Å². The van der Waals surface area contributed by atoms with Crippen LogP contribution in [0.5, 0.6) is 0 Å². The third kappa shape index (κ3) is 5.72. The standard InChI is InChI=1S/C24H33N3O2.C4H4O4/c1-14(2)27-13-15-11-21-18(17-6-4-8-20(27)23(15)17)10-16(12-26(21)3)24(29)25-19-7-5-9-22(19)28;5-3(6)1-2-4(7)8/h4,6,8,13-14,16,18-19,21-22,28H,5,7,9-12H2,1-3H3,(H,25,29);1-2H,(H,5,6)(H,7,8)/b;2-1-/t16?,18?,19-,21-,22+;/m1./s1. The summed E-state index contributed by atoms with van der Waals surface area (Å²) in [5.74, 6) is -2.02. The first-order valence-electron chi connectivity index (χ1n) is 13.0. The first-order chi connectivity index (χ1) is 17.6. The molecule has 9 nitrogen and oxygen atoms in total. The van der Waals surface area contributed by atoms with Crippen molar-refractivity contribution in [2.24, 2.45) is 5.92 Å². The summed E-state index contributed by atoms with van der Waals surface area (Å²) in [4.78, 5) is 34.6. The molecule has 2 aliphatic carbocycles. The van der Waals surface area contributed by atoms with Gasteiger partial charge in [-0.25, -0.2) is 9.59 Å². The van der Waals surface area contributed by atoms with Crippen LogP contribution in [-0.4, -0.2) is 74.4 Å². The number of carboxylic acids is 2. The van der Waals surface area contributed by atoms with Crippen molar-refractivity contribution in [3.63, 3.8) is 0 Å². The van der Waals surface area contributed by atoms with E-state index in [1.807, 2.05) is 0 Å². The summed E-state index contributed by atoms with van der Waals surface area (Å²) in [7, 11) is 2.17. The van der Waals surface area contributed by atoms with Gasteiger partial charge in [0.2, 0.25) is 5.91 Å². The minimum atomic E-state index is -1.26. The van der Waals surface area contributed by atoms with E-state index < -0.39 is 11.9 Å². The quantitative estimate of drug-likeness (QED) is 0.454. The van der Waals surface area contributed by atoms with Gasteiger partial charge in [-0.3, -0.25) is 4.79 Å². The van der Waals surface area contributed by atoms with Gasteiger partial charge in [-0.1, -0.05) is 12.1 Å². The molecule has 5 rings (SSSR count). The number of aliphatic hydroxyl groups excluding tert-OH is 1. The number of nitrogens with zero attached hydrogens (tertiary/aromatic N) is 2. The first-order valence-corrected chi connectivity index (χ1v) is 13.0. The van der Waals surface area contributed by atoms with Gasteiger partial charge < -0.3 is 30.1 Å². The lowest BCUT2D eigenvalue weighted by molar-refractivity contribution is -0.134. The number of aliphatic carboxylic acids is 2. The molecule has 0 spiro atoms. The Morgan fingerprint density at radius 2 is 1.81 bits per heavy atom. The topological polar surface area (TPSA) is 132 Å². The zero-order chi connectivity index (χ0) is 26.9. The molecular weight excluding hydrogens is 474 g/mol. The van der Waals surface area contributed by atoms with Crippen LogP contribution in [0.1, 0.15) is 62.6 Å². The van der Waals surface area contributed by atoms with Gasteiger partial charge in [-0.15, -0.1) is 0 Å². The molecule has 200 valence electrons. The van der Waals surface area contributed by atoms with Gasteiger partial charge >= 0.3 is 11.9 Å². The number of carbonyl (C=O) groups excluding carboxylic acids is 1. The Hall–Kier alpha value is -3.17. The maximum atomic E-state index is 13.0. The number of benzene rings is 1.